The summed E-state index contributed by atoms with van der Waals surface area (Å²) in [6.07, 6.45) is 1.24. The average molecular weight is 108 g/mol. The molecule has 0 N–H and O–H groups in total. The van der Waals surface area contributed by atoms with E-state index in [1.165, 1.54) is 6.08 Å². The quantitative estimate of drug-likeness (QED) is 0.382. The molecule has 0 heterocycles. The third kappa shape index (κ3) is 1.96. The second-order valence-corrected chi connectivity index (χ2v) is 2.29. The van der Waals surface area contributed by atoms with Gasteiger partial charge in [-0.05, 0) is 11.4 Å². The topological polar surface area (TPSA) is 17.1 Å². The van der Waals surface area contributed by atoms with Gasteiger partial charge in [-0.15, -0.1) is 0 Å². The van der Waals surface area contributed by atoms with Gasteiger partial charge in [-0.3, -0.25) is 4.79 Å². The van der Waals surface area contributed by atoms with Crippen molar-refractivity contribution in [3.8, 4) is 0 Å². The Balaban J connectivity index is 4.02. The van der Waals surface area contributed by atoms with Crippen molar-refractivity contribution in [3.63, 3.8) is 0 Å². The van der Waals surface area contributed by atoms with Crippen molar-refractivity contribution in [2.75, 3.05) is 0 Å². The number of ketones is 1. The second kappa shape index (κ2) is 2.16. The number of carbonyl (C=O) groups excluding carboxylic acids is 1. The number of allylic oxidation sites excluding steroid dienone is 1. The van der Waals surface area contributed by atoms with E-state index < -0.39 is 5.31 Å². The van der Waals surface area contributed by atoms with Gasteiger partial charge >= 0.3 is 0 Å². The fourth-order valence-corrected chi connectivity index (χ4v) is 0.263. The van der Waals surface area contributed by atoms with Gasteiger partial charge in [-0.25, -0.2) is 0 Å². The second-order valence-electron chi connectivity index (χ2n) is 2.29. The van der Waals surface area contributed by atoms with E-state index in [0.29, 0.717) is 0 Å². The average Bonchev–Trinajstić information content (AvgIpc) is 1.62. The third-order valence-corrected chi connectivity index (χ3v) is 0.820. The Kier molecular flexibility index (Phi) is 2.02. The normalized spacial score (nSPS) is 10.8. The minimum atomic E-state index is -0.748. The molecule has 0 aliphatic carbocycles. The van der Waals surface area contributed by atoms with Gasteiger partial charge in [0.25, 0.3) is 0 Å². The lowest BCUT2D eigenvalue weighted by Crippen LogP contribution is -2.13. The first kappa shape index (κ1) is 7.47. The highest BCUT2D eigenvalue weighted by atomic mass is 16.1. The molecule has 42 valence electrons. The van der Waals surface area contributed by atoms with Crippen LogP contribution in [-0.4, -0.2) is 13.6 Å². The largest absolute Gasteiger partial charge is 0.295 e. The molecule has 8 heavy (non-hydrogen) atoms. The van der Waals surface area contributed by atoms with E-state index >= 15 is 0 Å². The van der Waals surface area contributed by atoms with Gasteiger partial charge in [0, 0.05) is 0 Å². The lowest BCUT2D eigenvalue weighted by molar-refractivity contribution is -0.116. The van der Waals surface area contributed by atoms with Crippen LogP contribution in [0, 0.1) is 0 Å². The molecular weight excluding hydrogens is 98.9 g/mol. The summed E-state index contributed by atoms with van der Waals surface area (Å²) >= 11 is 0. The first-order valence-corrected chi connectivity index (χ1v) is 2.44. The van der Waals surface area contributed by atoms with Crippen LogP contribution in [0.2, 0.25) is 5.31 Å². The predicted octanol–water partition coefficient (Wildman–Crippen LogP) is 1.11. The van der Waals surface area contributed by atoms with E-state index in [9.17, 15) is 4.79 Å². The molecule has 0 fully saturated rings. The lowest BCUT2D eigenvalue weighted by Gasteiger charge is -2.12. The Bertz CT molecular complexity index is 110. The van der Waals surface area contributed by atoms with Crippen molar-refractivity contribution < 1.29 is 4.79 Å². The Morgan fingerprint density at radius 3 is 2.12 bits per heavy atom. The fraction of sp³-hybridized carbons (Fsp3) is 0.500. The van der Waals surface area contributed by atoms with Gasteiger partial charge < -0.3 is 0 Å². The van der Waals surface area contributed by atoms with Crippen LogP contribution in [0.1, 0.15) is 13.8 Å². The maximum atomic E-state index is 10.6. The van der Waals surface area contributed by atoms with E-state index in [1.807, 2.05) is 0 Å². The fourth-order valence-electron chi connectivity index (χ4n) is 0.263. The maximum absolute atomic E-state index is 10.6. The molecule has 0 rings (SSSR count). The Morgan fingerprint density at radius 1 is 1.75 bits per heavy atom. The van der Waals surface area contributed by atoms with Crippen LogP contribution >= 0.6 is 0 Å². The van der Waals surface area contributed by atoms with E-state index in [-0.39, 0.29) is 5.78 Å². The number of carbonyl (C=O) groups is 1. The van der Waals surface area contributed by atoms with Gasteiger partial charge in [0.1, 0.15) is 0 Å². The van der Waals surface area contributed by atoms with E-state index in [2.05, 4.69) is 6.58 Å². The van der Waals surface area contributed by atoms with E-state index in [1.54, 1.807) is 13.8 Å². The smallest absolute Gasteiger partial charge is 0.151 e. The molecular formula is C6H9BO. The molecule has 0 saturated heterocycles. The van der Waals surface area contributed by atoms with Gasteiger partial charge in [0.15, 0.2) is 5.78 Å². The highest BCUT2D eigenvalue weighted by Gasteiger charge is 2.16. The highest BCUT2D eigenvalue weighted by Crippen LogP contribution is 2.18. The Hall–Kier alpha value is -0.525. The summed E-state index contributed by atoms with van der Waals surface area (Å²) in [6, 6.07) is 0. The molecule has 0 aliphatic heterocycles. The molecule has 2 radical (unpaired) electrons. The minimum Gasteiger partial charge on any atom is -0.295 e. The van der Waals surface area contributed by atoms with Gasteiger partial charge in [0.05, 0.1) is 7.85 Å². The first-order valence-electron chi connectivity index (χ1n) is 2.44. The number of rotatable bonds is 2. The summed E-state index contributed by atoms with van der Waals surface area (Å²) in [5, 5.41) is -0.748. The summed E-state index contributed by atoms with van der Waals surface area (Å²) in [6.45, 7) is 6.60. The highest BCUT2D eigenvalue weighted by molar-refractivity contribution is 6.30. The van der Waals surface area contributed by atoms with Crippen molar-refractivity contribution in [2.24, 2.45) is 0 Å². The molecule has 2 heteroatoms. The van der Waals surface area contributed by atoms with E-state index in [4.69, 9.17) is 7.85 Å². The van der Waals surface area contributed by atoms with Gasteiger partial charge in [-0.2, -0.15) is 0 Å². The zero-order valence-electron chi connectivity index (χ0n) is 5.27. The van der Waals surface area contributed by atoms with Crippen LogP contribution in [0.25, 0.3) is 0 Å². The molecule has 0 bridgehead atoms. The van der Waals surface area contributed by atoms with E-state index in [0.717, 1.165) is 0 Å². The number of hydrogen-bond donors (Lipinski definition) is 0. The van der Waals surface area contributed by atoms with Crippen molar-refractivity contribution in [3.05, 3.63) is 12.7 Å². The van der Waals surface area contributed by atoms with Crippen LogP contribution < -0.4 is 0 Å². The standard InChI is InChI=1S/C6H9BO/c1-4-5(8)6(2,3)7/h4H,1H2,2-3H3. The minimum absolute atomic E-state index is 0.127. The zero-order valence-corrected chi connectivity index (χ0v) is 5.27. The van der Waals surface area contributed by atoms with Crippen molar-refractivity contribution in [1.29, 1.82) is 0 Å². The molecule has 0 aromatic heterocycles. The summed E-state index contributed by atoms with van der Waals surface area (Å²) in [5.74, 6) is -0.127. The monoisotopic (exact) mass is 108 g/mol. The lowest BCUT2D eigenvalue weighted by atomic mass is 9.69. The molecule has 0 atom stereocenters. The van der Waals surface area contributed by atoms with Crippen LogP contribution in [0.3, 0.4) is 0 Å². The van der Waals surface area contributed by atoms with Gasteiger partial charge in [0.2, 0.25) is 0 Å². The first-order chi connectivity index (χ1) is 3.48. The molecule has 0 aromatic carbocycles. The predicted molar refractivity (Wildman–Crippen MR) is 35.0 cm³/mol. The summed E-state index contributed by atoms with van der Waals surface area (Å²) in [4.78, 5) is 10.6. The molecule has 0 amide bonds. The summed E-state index contributed by atoms with van der Waals surface area (Å²) in [5.41, 5.74) is 0. The molecule has 0 aliphatic rings. The molecule has 0 saturated carbocycles. The summed E-state index contributed by atoms with van der Waals surface area (Å²) < 4.78 is 0. The van der Waals surface area contributed by atoms with Crippen molar-refractivity contribution >= 4 is 13.6 Å². The third-order valence-electron chi connectivity index (χ3n) is 0.820. The van der Waals surface area contributed by atoms with Crippen molar-refractivity contribution in [1.82, 2.24) is 0 Å². The SMILES string of the molecule is [B]C(C)(C)C(=O)C=C. The molecule has 1 nitrogen and oxygen atoms in total. The van der Waals surface area contributed by atoms with Crippen molar-refractivity contribution in [2.45, 2.75) is 19.2 Å². The van der Waals surface area contributed by atoms with Gasteiger partial charge in [-0.1, -0.05) is 20.4 Å². The zero-order chi connectivity index (χ0) is 6.78. The van der Waals surface area contributed by atoms with Crippen LogP contribution in [0.5, 0.6) is 0 Å². The molecule has 0 aromatic rings. The number of hydrogen-bond acceptors (Lipinski definition) is 1. The van der Waals surface area contributed by atoms with Crippen LogP contribution in [0.15, 0.2) is 12.7 Å². The Labute approximate surface area is 51.2 Å². The molecule has 0 unspecified atom stereocenters. The maximum Gasteiger partial charge on any atom is 0.151 e. The Morgan fingerprint density at radius 2 is 2.12 bits per heavy atom. The summed E-state index contributed by atoms with van der Waals surface area (Å²) in [7, 11) is 5.37. The van der Waals surface area contributed by atoms with Crippen LogP contribution in [-0.2, 0) is 4.79 Å². The van der Waals surface area contributed by atoms with Crippen LogP contribution in [0.4, 0.5) is 0 Å². The molecule has 0 spiro atoms.